The van der Waals surface area contributed by atoms with Crippen molar-refractivity contribution in [2.75, 3.05) is 10.6 Å². The lowest BCUT2D eigenvalue weighted by atomic mass is 10.0. The van der Waals surface area contributed by atoms with Gasteiger partial charge in [-0.3, -0.25) is 4.79 Å². The molecule has 1 unspecified atom stereocenters. The van der Waals surface area contributed by atoms with Gasteiger partial charge in [-0.05, 0) is 36.8 Å². The summed E-state index contributed by atoms with van der Waals surface area (Å²) in [5.41, 5.74) is 1.83. The molecule has 7 nitrogen and oxygen atoms in total. The van der Waals surface area contributed by atoms with Crippen LogP contribution in [-0.2, 0) is 4.79 Å². The maximum absolute atomic E-state index is 14.4. The topological polar surface area (TPSA) is 96.3 Å². The standard InChI is InChI=1S/C21H17FN4O3/c1-12-5-4-6-13(9-12)24-20(27)15-11-23-26-18(14-7-2-3-8-16(14)22)10-17(21(28)29)25-19(15)26/h2-11,18,25H,1H3,(H,24,27)(H,28,29). The number of allylic oxidation sites excluding steroid dienone is 1. The highest BCUT2D eigenvalue weighted by Crippen LogP contribution is 2.33. The molecule has 1 atom stereocenters. The van der Waals surface area contributed by atoms with Gasteiger partial charge in [-0.1, -0.05) is 30.3 Å². The van der Waals surface area contributed by atoms with E-state index in [2.05, 4.69) is 15.7 Å². The average Bonchev–Trinajstić information content (AvgIpc) is 3.12. The smallest absolute Gasteiger partial charge is 0.352 e. The first-order valence-corrected chi connectivity index (χ1v) is 8.86. The number of hydrogen-bond acceptors (Lipinski definition) is 4. The zero-order chi connectivity index (χ0) is 20.5. The van der Waals surface area contributed by atoms with Gasteiger partial charge >= 0.3 is 5.97 Å². The maximum Gasteiger partial charge on any atom is 0.352 e. The van der Waals surface area contributed by atoms with Gasteiger partial charge in [-0.25, -0.2) is 13.9 Å². The monoisotopic (exact) mass is 392 g/mol. The molecule has 0 aliphatic carbocycles. The second-order valence-electron chi connectivity index (χ2n) is 6.65. The number of aryl methyl sites for hydroxylation is 1. The molecule has 29 heavy (non-hydrogen) atoms. The molecular weight excluding hydrogens is 375 g/mol. The number of halogens is 1. The lowest BCUT2D eigenvalue weighted by Crippen LogP contribution is -2.26. The van der Waals surface area contributed by atoms with E-state index in [1.807, 2.05) is 25.1 Å². The molecule has 0 saturated heterocycles. The summed E-state index contributed by atoms with van der Waals surface area (Å²) in [4.78, 5) is 24.4. The van der Waals surface area contributed by atoms with Crippen LogP contribution >= 0.6 is 0 Å². The molecule has 4 rings (SSSR count). The summed E-state index contributed by atoms with van der Waals surface area (Å²) >= 11 is 0. The second-order valence-corrected chi connectivity index (χ2v) is 6.65. The van der Waals surface area contributed by atoms with E-state index >= 15 is 0 Å². The minimum absolute atomic E-state index is 0.152. The van der Waals surface area contributed by atoms with Crippen LogP contribution in [0.1, 0.15) is 27.5 Å². The van der Waals surface area contributed by atoms with E-state index in [4.69, 9.17) is 0 Å². The van der Waals surface area contributed by atoms with Crippen molar-refractivity contribution in [2.24, 2.45) is 0 Å². The summed E-state index contributed by atoms with van der Waals surface area (Å²) < 4.78 is 15.8. The molecule has 3 N–H and O–H groups in total. The van der Waals surface area contributed by atoms with Crippen molar-refractivity contribution in [3.63, 3.8) is 0 Å². The Labute approximate surface area is 165 Å². The van der Waals surface area contributed by atoms with Crippen LogP contribution in [0.25, 0.3) is 0 Å². The summed E-state index contributed by atoms with van der Waals surface area (Å²) in [7, 11) is 0. The number of aliphatic carboxylic acids is 1. The number of carbonyl (C=O) groups excluding carboxylic acids is 1. The number of amides is 1. The third-order valence-corrected chi connectivity index (χ3v) is 4.61. The highest BCUT2D eigenvalue weighted by atomic mass is 19.1. The minimum Gasteiger partial charge on any atom is -0.477 e. The van der Waals surface area contributed by atoms with Crippen molar-refractivity contribution in [3.05, 3.63) is 89.0 Å². The van der Waals surface area contributed by atoms with Crippen LogP contribution in [0.5, 0.6) is 0 Å². The fourth-order valence-corrected chi connectivity index (χ4v) is 3.24. The van der Waals surface area contributed by atoms with Crippen molar-refractivity contribution in [1.82, 2.24) is 9.78 Å². The Bertz CT molecular complexity index is 1150. The summed E-state index contributed by atoms with van der Waals surface area (Å²) in [6.07, 6.45) is 2.70. The lowest BCUT2D eigenvalue weighted by molar-refractivity contribution is -0.132. The Balaban J connectivity index is 1.74. The number of carbonyl (C=O) groups is 2. The fourth-order valence-electron chi connectivity index (χ4n) is 3.24. The summed E-state index contributed by atoms with van der Waals surface area (Å²) in [6.45, 7) is 1.90. The van der Waals surface area contributed by atoms with Crippen LogP contribution in [0.4, 0.5) is 15.9 Å². The summed E-state index contributed by atoms with van der Waals surface area (Å²) in [6, 6.07) is 12.5. The first-order valence-electron chi connectivity index (χ1n) is 8.86. The molecule has 2 heterocycles. The minimum atomic E-state index is -1.22. The molecule has 1 amide bonds. The van der Waals surface area contributed by atoms with Crippen LogP contribution in [0.2, 0.25) is 0 Å². The molecule has 2 aromatic carbocycles. The zero-order valence-electron chi connectivity index (χ0n) is 15.4. The van der Waals surface area contributed by atoms with Crippen molar-refractivity contribution >= 4 is 23.4 Å². The highest BCUT2D eigenvalue weighted by Gasteiger charge is 2.30. The van der Waals surface area contributed by atoms with E-state index in [9.17, 15) is 19.1 Å². The number of carboxylic acids is 1. The van der Waals surface area contributed by atoms with E-state index in [0.29, 0.717) is 5.69 Å². The third-order valence-electron chi connectivity index (χ3n) is 4.61. The first-order chi connectivity index (χ1) is 13.9. The predicted molar refractivity (Wildman–Crippen MR) is 105 cm³/mol. The fraction of sp³-hybridized carbons (Fsp3) is 0.0952. The van der Waals surface area contributed by atoms with Crippen molar-refractivity contribution in [2.45, 2.75) is 13.0 Å². The molecule has 8 heteroatoms. The molecule has 1 aliphatic rings. The molecule has 0 spiro atoms. The number of rotatable bonds is 4. The van der Waals surface area contributed by atoms with Gasteiger partial charge in [0.15, 0.2) is 0 Å². The Kier molecular flexibility index (Phi) is 4.59. The van der Waals surface area contributed by atoms with Crippen LogP contribution in [0.3, 0.4) is 0 Å². The number of nitrogens with zero attached hydrogens (tertiary/aromatic N) is 2. The van der Waals surface area contributed by atoms with E-state index in [0.717, 1.165) is 5.56 Å². The Morgan fingerprint density at radius 3 is 2.72 bits per heavy atom. The lowest BCUT2D eigenvalue weighted by Gasteiger charge is -2.24. The van der Waals surface area contributed by atoms with Crippen LogP contribution in [0, 0.1) is 12.7 Å². The van der Waals surface area contributed by atoms with E-state index < -0.39 is 23.7 Å². The maximum atomic E-state index is 14.4. The normalized spacial score (nSPS) is 15.1. The van der Waals surface area contributed by atoms with Gasteiger partial charge in [0.05, 0.1) is 6.20 Å². The number of aromatic nitrogens is 2. The predicted octanol–water partition coefficient (Wildman–Crippen LogP) is 3.57. The second kappa shape index (κ2) is 7.23. The van der Waals surface area contributed by atoms with Gasteiger partial charge in [0.25, 0.3) is 5.91 Å². The largest absolute Gasteiger partial charge is 0.477 e. The first kappa shape index (κ1) is 18.4. The molecule has 1 aromatic heterocycles. The third kappa shape index (κ3) is 3.47. The Morgan fingerprint density at radius 2 is 2.00 bits per heavy atom. The molecule has 1 aliphatic heterocycles. The molecule has 0 bridgehead atoms. The van der Waals surface area contributed by atoms with Gasteiger partial charge < -0.3 is 15.7 Å². The molecule has 0 radical (unpaired) electrons. The van der Waals surface area contributed by atoms with Crippen LogP contribution in [0.15, 0.2) is 66.5 Å². The van der Waals surface area contributed by atoms with E-state index in [-0.39, 0.29) is 22.6 Å². The molecular formula is C21H17FN4O3. The molecule has 0 fully saturated rings. The van der Waals surface area contributed by atoms with Crippen molar-refractivity contribution in [1.29, 1.82) is 0 Å². The van der Waals surface area contributed by atoms with Gasteiger partial charge in [-0.2, -0.15) is 5.10 Å². The average molecular weight is 392 g/mol. The van der Waals surface area contributed by atoms with Crippen molar-refractivity contribution < 1.29 is 19.1 Å². The van der Waals surface area contributed by atoms with Crippen molar-refractivity contribution in [3.8, 4) is 0 Å². The van der Waals surface area contributed by atoms with Gasteiger partial charge in [0.2, 0.25) is 0 Å². The Hall–Kier alpha value is -3.94. The highest BCUT2D eigenvalue weighted by molar-refractivity contribution is 6.08. The van der Waals surface area contributed by atoms with Gasteiger partial charge in [0, 0.05) is 11.3 Å². The quantitative estimate of drug-likeness (QED) is 0.631. The summed E-state index contributed by atoms with van der Waals surface area (Å²) in [5.74, 6) is -1.98. The number of nitrogens with one attached hydrogen (secondary N) is 2. The Morgan fingerprint density at radius 1 is 1.21 bits per heavy atom. The van der Waals surface area contributed by atoms with E-state index in [1.165, 1.54) is 23.0 Å². The van der Waals surface area contributed by atoms with Gasteiger partial charge in [-0.15, -0.1) is 0 Å². The van der Waals surface area contributed by atoms with Crippen LogP contribution in [-0.4, -0.2) is 26.8 Å². The van der Waals surface area contributed by atoms with E-state index in [1.54, 1.807) is 24.3 Å². The molecule has 146 valence electrons. The number of benzene rings is 2. The zero-order valence-corrected chi connectivity index (χ0v) is 15.4. The number of hydrogen-bond donors (Lipinski definition) is 3. The number of carboxylic acid groups (broad SMARTS) is 1. The molecule has 0 saturated carbocycles. The molecule has 3 aromatic rings. The van der Waals surface area contributed by atoms with Gasteiger partial charge in [0.1, 0.15) is 28.9 Å². The SMILES string of the molecule is Cc1cccc(NC(=O)c2cnn3c2NC(C(=O)O)=CC3c2ccccc2F)c1. The number of fused-ring (bicyclic) bond motifs is 1. The summed E-state index contributed by atoms with van der Waals surface area (Å²) in [5, 5.41) is 19.2. The number of anilines is 2. The van der Waals surface area contributed by atoms with Crippen LogP contribution < -0.4 is 10.6 Å².